The molecule has 5 rings (SSSR count). The number of nitrogens with zero attached hydrogens (tertiary/aromatic N) is 2. The fourth-order valence-electron chi connectivity index (χ4n) is 3.97. The van der Waals surface area contributed by atoms with Gasteiger partial charge in [-0.3, -0.25) is 19.1 Å². The number of hydrogen-bond donors (Lipinski definition) is 1. The van der Waals surface area contributed by atoms with Crippen LogP contribution in [-0.4, -0.2) is 21.5 Å². The smallest absolute Gasteiger partial charge is 0.280 e. The number of ketones is 1. The molecule has 0 saturated carbocycles. The van der Waals surface area contributed by atoms with E-state index in [0.717, 1.165) is 5.56 Å². The number of nitrogens with one attached hydrogen (secondary N) is 1. The number of benzene rings is 3. The van der Waals surface area contributed by atoms with E-state index in [4.69, 9.17) is 4.42 Å². The van der Waals surface area contributed by atoms with Gasteiger partial charge in [-0.05, 0) is 38.1 Å². The number of rotatable bonds is 5. The topological polar surface area (TPSA) is 94.2 Å². The van der Waals surface area contributed by atoms with Gasteiger partial charge in [-0.15, -0.1) is 0 Å². The fourth-order valence-corrected chi connectivity index (χ4v) is 3.97. The second-order valence-electron chi connectivity index (χ2n) is 7.96. The van der Waals surface area contributed by atoms with E-state index in [2.05, 4.69) is 10.4 Å². The van der Waals surface area contributed by atoms with Crippen molar-refractivity contribution in [3.05, 3.63) is 106 Å². The number of anilines is 1. The number of carbonyl (C=O) groups is 2. The van der Waals surface area contributed by atoms with Crippen molar-refractivity contribution in [3.8, 4) is 0 Å². The van der Waals surface area contributed by atoms with Crippen molar-refractivity contribution in [2.45, 2.75) is 20.4 Å². The Morgan fingerprint density at radius 3 is 2.35 bits per heavy atom. The lowest BCUT2D eigenvalue weighted by molar-refractivity contribution is 0.101. The molecule has 0 aliphatic carbocycles. The van der Waals surface area contributed by atoms with Crippen LogP contribution < -0.4 is 10.7 Å². The average Bonchev–Trinajstić information content (AvgIpc) is 3.22. The summed E-state index contributed by atoms with van der Waals surface area (Å²) in [6, 6.07) is 21.1. The molecule has 0 atom stereocenters. The Hall–Kier alpha value is -4.52. The molecule has 168 valence electrons. The summed E-state index contributed by atoms with van der Waals surface area (Å²) < 4.78 is 7.47. The Bertz CT molecular complexity index is 1630. The highest BCUT2D eigenvalue weighted by atomic mass is 16.3. The summed E-state index contributed by atoms with van der Waals surface area (Å²) >= 11 is 0. The van der Waals surface area contributed by atoms with Crippen molar-refractivity contribution in [1.29, 1.82) is 0 Å². The molecule has 3 aromatic carbocycles. The van der Waals surface area contributed by atoms with Crippen LogP contribution in [0.15, 0.2) is 82.0 Å². The zero-order valence-electron chi connectivity index (χ0n) is 18.7. The van der Waals surface area contributed by atoms with E-state index in [9.17, 15) is 14.4 Å². The van der Waals surface area contributed by atoms with Crippen LogP contribution in [0.25, 0.3) is 21.9 Å². The van der Waals surface area contributed by atoms with Crippen LogP contribution in [0.5, 0.6) is 0 Å². The van der Waals surface area contributed by atoms with Gasteiger partial charge >= 0.3 is 0 Å². The highest BCUT2D eigenvalue weighted by Crippen LogP contribution is 2.32. The van der Waals surface area contributed by atoms with Gasteiger partial charge in [0.25, 0.3) is 5.91 Å². The van der Waals surface area contributed by atoms with Crippen molar-refractivity contribution in [3.63, 3.8) is 0 Å². The molecule has 7 nitrogen and oxygen atoms in total. The molecule has 2 heterocycles. The zero-order valence-corrected chi connectivity index (χ0v) is 18.7. The number of para-hydroxylation sites is 2. The summed E-state index contributed by atoms with van der Waals surface area (Å²) in [6.45, 7) is 4.29. The third-order valence-electron chi connectivity index (χ3n) is 5.73. The number of carbonyl (C=O) groups excluding carboxylic acids is 2. The third kappa shape index (κ3) is 3.57. The van der Waals surface area contributed by atoms with E-state index in [-0.39, 0.29) is 22.9 Å². The maximum absolute atomic E-state index is 13.3. The van der Waals surface area contributed by atoms with Crippen molar-refractivity contribution in [1.82, 2.24) is 9.78 Å². The summed E-state index contributed by atoms with van der Waals surface area (Å²) in [6.07, 6.45) is 0. The largest absolute Gasteiger partial charge is 0.450 e. The van der Waals surface area contributed by atoms with E-state index >= 15 is 0 Å². The minimum absolute atomic E-state index is 0.00462. The fraction of sp³-hybridized carbons (Fsp3) is 0.111. The van der Waals surface area contributed by atoms with E-state index < -0.39 is 11.3 Å². The van der Waals surface area contributed by atoms with Crippen molar-refractivity contribution in [2.75, 3.05) is 5.32 Å². The lowest BCUT2D eigenvalue weighted by atomic mass is 10.1. The molecule has 7 heteroatoms. The maximum Gasteiger partial charge on any atom is 0.280 e. The summed E-state index contributed by atoms with van der Waals surface area (Å²) in [4.78, 5) is 39.7. The molecule has 0 bridgehead atoms. The Morgan fingerprint density at radius 1 is 0.941 bits per heavy atom. The number of fused-ring (bicyclic) bond motifs is 2. The van der Waals surface area contributed by atoms with E-state index in [1.807, 2.05) is 32.0 Å². The number of furan rings is 1. The van der Waals surface area contributed by atoms with Crippen molar-refractivity contribution < 1.29 is 14.0 Å². The van der Waals surface area contributed by atoms with Crippen molar-refractivity contribution >= 4 is 39.2 Å². The van der Waals surface area contributed by atoms with E-state index in [1.54, 1.807) is 59.3 Å². The highest BCUT2D eigenvalue weighted by Gasteiger charge is 2.25. The average molecular weight is 451 g/mol. The Labute approximate surface area is 194 Å². The van der Waals surface area contributed by atoms with Gasteiger partial charge in [0.2, 0.25) is 11.2 Å². The Morgan fingerprint density at radius 2 is 1.62 bits per heavy atom. The molecular weight excluding hydrogens is 430 g/mol. The summed E-state index contributed by atoms with van der Waals surface area (Å²) in [5, 5.41) is 8.00. The molecule has 2 aromatic heterocycles. The van der Waals surface area contributed by atoms with Gasteiger partial charge in [-0.1, -0.05) is 54.1 Å². The second-order valence-corrected chi connectivity index (χ2v) is 7.96. The first-order valence-corrected chi connectivity index (χ1v) is 10.9. The standard InChI is InChI=1S/C27H21N3O4/c1-3-30-20-10-6-4-8-18(20)25(32)23(29-30)27(33)28-22-19-9-5-7-11-21(19)34-26(22)24(31)17-14-12-16(2)13-15-17/h4-15H,3H2,1-2H3,(H,28,33). The SMILES string of the molecule is CCn1nc(C(=O)Nc2c(C(=O)c3ccc(C)cc3)oc3ccccc23)c(=O)c2ccccc21. The monoisotopic (exact) mass is 451 g/mol. The molecule has 5 aromatic rings. The number of hydrogen-bond acceptors (Lipinski definition) is 5. The van der Waals surface area contributed by atoms with Crippen LogP contribution in [0.4, 0.5) is 5.69 Å². The first-order chi connectivity index (χ1) is 16.5. The minimum atomic E-state index is -0.706. The second kappa shape index (κ2) is 8.44. The molecule has 1 N–H and O–H groups in total. The summed E-state index contributed by atoms with van der Waals surface area (Å²) in [5.41, 5.74) is 2.03. The molecule has 1 amide bonds. The molecule has 0 unspecified atom stereocenters. The van der Waals surface area contributed by atoms with Crippen LogP contribution in [-0.2, 0) is 6.54 Å². The van der Waals surface area contributed by atoms with Gasteiger partial charge in [0.1, 0.15) is 5.58 Å². The van der Waals surface area contributed by atoms with Crippen molar-refractivity contribution in [2.24, 2.45) is 0 Å². The van der Waals surface area contributed by atoms with Gasteiger partial charge in [0.15, 0.2) is 11.5 Å². The van der Waals surface area contributed by atoms with Crippen LogP contribution in [0.2, 0.25) is 0 Å². The van der Waals surface area contributed by atoms with Gasteiger partial charge in [-0.25, -0.2) is 0 Å². The molecular formula is C27H21N3O4. The first-order valence-electron chi connectivity index (χ1n) is 10.9. The molecule has 0 saturated heterocycles. The van der Waals surface area contributed by atoms with Gasteiger partial charge in [0, 0.05) is 22.9 Å². The minimum Gasteiger partial charge on any atom is -0.450 e. The molecule has 0 aliphatic heterocycles. The lowest BCUT2D eigenvalue weighted by Gasteiger charge is -2.10. The van der Waals surface area contributed by atoms with Gasteiger partial charge < -0.3 is 9.73 Å². The number of aryl methyl sites for hydroxylation is 2. The Kier molecular flexibility index (Phi) is 5.30. The Balaban J connectivity index is 1.62. The predicted molar refractivity (Wildman–Crippen MR) is 130 cm³/mol. The maximum atomic E-state index is 13.3. The number of amides is 1. The summed E-state index contributed by atoms with van der Waals surface area (Å²) in [5.74, 6) is -1.08. The highest BCUT2D eigenvalue weighted by molar-refractivity contribution is 6.18. The van der Waals surface area contributed by atoms with Crippen LogP contribution in [0.3, 0.4) is 0 Å². The van der Waals surface area contributed by atoms with E-state index in [0.29, 0.717) is 34.0 Å². The molecule has 0 spiro atoms. The van der Waals surface area contributed by atoms with Crippen LogP contribution in [0, 0.1) is 6.92 Å². The molecule has 34 heavy (non-hydrogen) atoms. The first kappa shape index (κ1) is 21.3. The third-order valence-corrected chi connectivity index (χ3v) is 5.73. The normalized spacial score (nSPS) is 11.1. The summed E-state index contributed by atoms with van der Waals surface area (Å²) in [7, 11) is 0. The molecule has 0 fully saturated rings. The quantitative estimate of drug-likeness (QED) is 0.382. The van der Waals surface area contributed by atoms with Crippen LogP contribution >= 0.6 is 0 Å². The van der Waals surface area contributed by atoms with Gasteiger partial charge in [0.05, 0.1) is 11.2 Å². The molecule has 0 aliphatic rings. The van der Waals surface area contributed by atoms with Crippen LogP contribution in [0.1, 0.15) is 39.1 Å². The van der Waals surface area contributed by atoms with E-state index in [1.165, 1.54) is 0 Å². The zero-order chi connectivity index (χ0) is 23.8. The lowest BCUT2D eigenvalue weighted by Crippen LogP contribution is -2.27. The van der Waals surface area contributed by atoms with Gasteiger partial charge in [-0.2, -0.15) is 5.10 Å². The number of aromatic nitrogens is 2. The predicted octanol–water partition coefficient (Wildman–Crippen LogP) is 4.95. The molecule has 0 radical (unpaired) electrons.